The number of benzene rings is 1. The average Bonchev–Trinajstić information content (AvgIpc) is 3.02. The van der Waals surface area contributed by atoms with Crippen LogP contribution in [-0.4, -0.2) is 37.2 Å². The molecule has 4 nitrogen and oxygen atoms in total. The van der Waals surface area contributed by atoms with Crippen molar-refractivity contribution in [2.45, 2.75) is 17.4 Å². The van der Waals surface area contributed by atoms with Crippen molar-refractivity contribution in [1.29, 1.82) is 0 Å². The summed E-state index contributed by atoms with van der Waals surface area (Å²) in [5, 5.41) is 2.98. The van der Waals surface area contributed by atoms with Crippen LogP contribution in [0.15, 0.2) is 58.0 Å². The molecule has 0 aliphatic rings. The van der Waals surface area contributed by atoms with Crippen LogP contribution in [0.1, 0.15) is 18.2 Å². The molecule has 0 bridgehead atoms. The number of rotatable bonds is 8. The molecule has 0 fully saturated rings. The minimum Gasteiger partial charge on any atom is -0.468 e. The number of thioether (sulfide) groups is 1. The Bertz CT molecular complexity index is 555. The summed E-state index contributed by atoms with van der Waals surface area (Å²) in [5.74, 6) is 1.72. The number of carbonyl (C=O) groups is 1. The van der Waals surface area contributed by atoms with Gasteiger partial charge < -0.3 is 9.73 Å². The molecule has 1 aromatic heterocycles. The van der Waals surface area contributed by atoms with Crippen molar-refractivity contribution >= 4 is 17.7 Å². The zero-order chi connectivity index (χ0) is 15.8. The zero-order valence-electron chi connectivity index (χ0n) is 13.0. The van der Waals surface area contributed by atoms with Crippen LogP contribution in [0.4, 0.5) is 0 Å². The first-order valence-electron chi connectivity index (χ1n) is 7.31. The van der Waals surface area contributed by atoms with Gasteiger partial charge in [0.05, 0.1) is 12.3 Å². The van der Waals surface area contributed by atoms with Gasteiger partial charge >= 0.3 is 0 Å². The van der Waals surface area contributed by atoms with E-state index in [0.717, 1.165) is 11.5 Å². The lowest BCUT2D eigenvalue weighted by atomic mass is 10.2. The lowest BCUT2D eigenvalue weighted by Crippen LogP contribution is -2.34. The maximum absolute atomic E-state index is 12.0. The molecule has 0 aliphatic heterocycles. The first kappa shape index (κ1) is 16.6. The van der Waals surface area contributed by atoms with Crippen molar-refractivity contribution in [2.24, 2.45) is 0 Å². The Labute approximate surface area is 135 Å². The van der Waals surface area contributed by atoms with E-state index >= 15 is 0 Å². The van der Waals surface area contributed by atoms with Crippen LogP contribution < -0.4 is 5.32 Å². The highest BCUT2D eigenvalue weighted by atomic mass is 32.2. The first-order valence-corrected chi connectivity index (χ1v) is 8.30. The minimum atomic E-state index is 0.0562. The van der Waals surface area contributed by atoms with E-state index in [1.807, 2.05) is 49.3 Å². The van der Waals surface area contributed by atoms with E-state index in [-0.39, 0.29) is 11.9 Å². The number of likely N-dealkylation sites (N-methyl/N-ethyl adjacent to an activating group) is 1. The van der Waals surface area contributed by atoms with Crippen molar-refractivity contribution in [3.8, 4) is 0 Å². The predicted molar refractivity (Wildman–Crippen MR) is 89.9 cm³/mol. The molecule has 2 rings (SSSR count). The summed E-state index contributed by atoms with van der Waals surface area (Å²) in [4.78, 5) is 15.2. The van der Waals surface area contributed by atoms with E-state index in [4.69, 9.17) is 4.42 Å². The second-order valence-corrected chi connectivity index (χ2v) is 6.38. The number of hydrogen-bond acceptors (Lipinski definition) is 4. The van der Waals surface area contributed by atoms with Gasteiger partial charge in [-0.05, 0) is 38.4 Å². The van der Waals surface area contributed by atoms with Gasteiger partial charge in [-0.25, -0.2) is 0 Å². The number of furan rings is 1. The molecule has 0 aliphatic carbocycles. The van der Waals surface area contributed by atoms with Gasteiger partial charge in [-0.15, -0.1) is 11.8 Å². The third-order valence-corrected chi connectivity index (χ3v) is 4.34. The second kappa shape index (κ2) is 8.66. The van der Waals surface area contributed by atoms with Crippen LogP contribution in [0.2, 0.25) is 0 Å². The Morgan fingerprint density at radius 3 is 2.64 bits per heavy atom. The molecule has 0 saturated heterocycles. The van der Waals surface area contributed by atoms with Gasteiger partial charge in [0.15, 0.2) is 0 Å². The Balaban J connectivity index is 1.72. The molecule has 0 radical (unpaired) electrons. The van der Waals surface area contributed by atoms with Crippen LogP contribution in [0.25, 0.3) is 0 Å². The molecule has 5 heteroatoms. The number of nitrogens with zero attached hydrogens (tertiary/aromatic N) is 1. The van der Waals surface area contributed by atoms with Gasteiger partial charge in [-0.1, -0.05) is 18.2 Å². The van der Waals surface area contributed by atoms with Crippen LogP contribution in [-0.2, 0) is 4.79 Å². The maximum atomic E-state index is 12.0. The molecule has 1 heterocycles. The molecule has 118 valence electrons. The van der Waals surface area contributed by atoms with Gasteiger partial charge in [-0.3, -0.25) is 9.69 Å². The summed E-state index contributed by atoms with van der Waals surface area (Å²) in [6, 6.07) is 14.0. The van der Waals surface area contributed by atoms with Crippen molar-refractivity contribution in [3.63, 3.8) is 0 Å². The van der Waals surface area contributed by atoms with Crippen molar-refractivity contribution in [1.82, 2.24) is 10.2 Å². The van der Waals surface area contributed by atoms with E-state index in [1.54, 1.807) is 18.0 Å². The summed E-state index contributed by atoms with van der Waals surface area (Å²) in [6.45, 7) is 0.551. The average molecular weight is 318 g/mol. The van der Waals surface area contributed by atoms with Crippen molar-refractivity contribution in [3.05, 3.63) is 54.5 Å². The molecule has 0 saturated carbocycles. The monoisotopic (exact) mass is 318 g/mol. The maximum Gasteiger partial charge on any atom is 0.220 e. The molecule has 1 aromatic carbocycles. The standard InChI is InChI=1S/C17H22N2O2S/c1-19(2)15(16-9-6-11-21-16)13-18-17(20)10-12-22-14-7-4-3-5-8-14/h3-9,11,15H,10,12-13H2,1-2H3,(H,18,20). The number of hydrogen-bond donors (Lipinski definition) is 1. The van der Waals surface area contributed by atoms with Gasteiger partial charge in [0, 0.05) is 23.6 Å². The molecule has 0 spiro atoms. The van der Waals surface area contributed by atoms with Crippen LogP contribution in [0.5, 0.6) is 0 Å². The lowest BCUT2D eigenvalue weighted by molar-refractivity contribution is -0.120. The Morgan fingerprint density at radius 2 is 2.00 bits per heavy atom. The normalized spacial score (nSPS) is 12.3. The molecule has 22 heavy (non-hydrogen) atoms. The Kier molecular flexibility index (Phi) is 6.55. The smallest absolute Gasteiger partial charge is 0.220 e. The van der Waals surface area contributed by atoms with Gasteiger partial charge in [-0.2, -0.15) is 0 Å². The van der Waals surface area contributed by atoms with E-state index in [9.17, 15) is 4.79 Å². The molecule has 1 unspecified atom stereocenters. The van der Waals surface area contributed by atoms with E-state index < -0.39 is 0 Å². The quantitative estimate of drug-likeness (QED) is 0.759. The fourth-order valence-electron chi connectivity index (χ4n) is 2.10. The Hall–Kier alpha value is -1.72. The number of carbonyl (C=O) groups excluding carboxylic acids is 1. The largest absolute Gasteiger partial charge is 0.468 e. The van der Waals surface area contributed by atoms with E-state index in [1.165, 1.54) is 4.90 Å². The summed E-state index contributed by atoms with van der Waals surface area (Å²) in [6.07, 6.45) is 2.17. The highest BCUT2D eigenvalue weighted by molar-refractivity contribution is 7.99. The topological polar surface area (TPSA) is 45.5 Å². The molecular weight excluding hydrogens is 296 g/mol. The van der Waals surface area contributed by atoms with Crippen molar-refractivity contribution in [2.75, 3.05) is 26.4 Å². The molecule has 1 atom stereocenters. The summed E-state index contributed by atoms with van der Waals surface area (Å²) < 4.78 is 5.43. The first-order chi connectivity index (χ1) is 10.7. The van der Waals surface area contributed by atoms with Crippen LogP contribution in [0, 0.1) is 0 Å². The second-order valence-electron chi connectivity index (χ2n) is 5.21. The highest BCUT2D eigenvalue weighted by Gasteiger charge is 2.17. The third-order valence-electron chi connectivity index (χ3n) is 3.33. The molecule has 1 N–H and O–H groups in total. The summed E-state index contributed by atoms with van der Waals surface area (Å²) in [5.41, 5.74) is 0. The summed E-state index contributed by atoms with van der Waals surface area (Å²) in [7, 11) is 3.95. The third kappa shape index (κ3) is 5.24. The van der Waals surface area contributed by atoms with Crippen LogP contribution in [0.3, 0.4) is 0 Å². The molecule has 2 aromatic rings. The SMILES string of the molecule is CN(C)C(CNC(=O)CCSc1ccccc1)c1ccco1. The van der Waals surface area contributed by atoms with E-state index in [0.29, 0.717) is 13.0 Å². The lowest BCUT2D eigenvalue weighted by Gasteiger charge is -2.22. The fourth-order valence-corrected chi connectivity index (χ4v) is 2.97. The summed E-state index contributed by atoms with van der Waals surface area (Å²) >= 11 is 1.70. The molecular formula is C17H22N2O2S. The fraction of sp³-hybridized carbons (Fsp3) is 0.353. The van der Waals surface area contributed by atoms with Crippen molar-refractivity contribution < 1.29 is 9.21 Å². The highest BCUT2D eigenvalue weighted by Crippen LogP contribution is 2.19. The number of nitrogens with one attached hydrogen (secondary N) is 1. The van der Waals surface area contributed by atoms with Gasteiger partial charge in [0.2, 0.25) is 5.91 Å². The van der Waals surface area contributed by atoms with Gasteiger partial charge in [0.1, 0.15) is 5.76 Å². The number of amides is 1. The molecule has 1 amide bonds. The minimum absolute atomic E-state index is 0.0562. The van der Waals surface area contributed by atoms with Gasteiger partial charge in [0.25, 0.3) is 0 Å². The van der Waals surface area contributed by atoms with E-state index in [2.05, 4.69) is 17.4 Å². The van der Waals surface area contributed by atoms with Crippen LogP contribution >= 0.6 is 11.8 Å². The zero-order valence-corrected chi connectivity index (χ0v) is 13.8. The Morgan fingerprint density at radius 1 is 1.23 bits per heavy atom. The predicted octanol–water partition coefficient (Wildman–Crippen LogP) is 3.18.